The number of carbonyl (C=O) groups excluding carboxylic acids is 1. The summed E-state index contributed by atoms with van der Waals surface area (Å²) in [5, 5.41) is 7.78. The molecule has 2 aliphatic rings. The van der Waals surface area contributed by atoms with Crippen molar-refractivity contribution in [2.24, 2.45) is 20.2 Å². The molecular weight excluding hydrogens is 206 g/mol. The maximum Gasteiger partial charge on any atom is 0.284 e. The van der Waals surface area contributed by atoms with Gasteiger partial charge in [0, 0.05) is 18.0 Å². The first kappa shape index (κ1) is 8.78. The van der Waals surface area contributed by atoms with Crippen LogP contribution in [0.1, 0.15) is 5.56 Å². The minimum atomic E-state index is -0.359. The predicted octanol–water partition coefficient (Wildman–Crippen LogP) is 1.23. The smallest absolute Gasteiger partial charge is 0.266 e. The summed E-state index contributed by atoms with van der Waals surface area (Å²) >= 11 is 0. The largest absolute Gasteiger partial charge is 0.284 e. The van der Waals surface area contributed by atoms with E-state index in [1.807, 2.05) is 0 Å². The van der Waals surface area contributed by atoms with Crippen LogP contribution in [0.25, 0.3) is 5.70 Å². The molecule has 0 radical (unpaired) electrons. The Hall–Kier alpha value is -2.50. The van der Waals surface area contributed by atoms with E-state index >= 15 is 0 Å². The Morgan fingerprint density at radius 2 is 1.88 bits per heavy atom. The lowest BCUT2D eigenvalue weighted by atomic mass is 10.1. The SMILES string of the molecule is O=C1N=CN=C2N=NC(c3ccncc3)=C12. The van der Waals surface area contributed by atoms with Crippen LogP contribution in [0.15, 0.2) is 50.3 Å². The quantitative estimate of drug-likeness (QED) is 0.700. The van der Waals surface area contributed by atoms with Gasteiger partial charge in [-0.2, -0.15) is 4.99 Å². The third kappa shape index (κ3) is 1.20. The second-order valence-electron chi connectivity index (χ2n) is 3.16. The average Bonchev–Trinajstić information content (AvgIpc) is 2.75. The summed E-state index contributed by atoms with van der Waals surface area (Å²) < 4.78 is 0. The van der Waals surface area contributed by atoms with Gasteiger partial charge in [0.15, 0.2) is 5.84 Å². The van der Waals surface area contributed by atoms with Crippen molar-refractivity contribution in [3.8, 4) is 0 Å². The summed E-state index contributed by atoms with van der Waals surface area (Å²) in [5.41, 5.74) is 1.64. The van der Waals surface area contributed by atoms with Gasteiger partial charge in [-0.1, -0.05) is 0 Å². The number of amidine groups is 1. The summed E-state index contributed by atoms with van der Waals surface area (Å²) in [6.07, 6.45) is 4.45. The molecule has 16 heavy (non-hydrogen) atoms. The summed E-state index contributed by atoms with van der Waals surface area (Å²) in [4.78, 5) is 23.0. The molecule has 1 aromatic heterocycles. The second-order valence-corrected chi connectivity index (χ2v) is 3.16. The van der Waals surface area contributed by atoms with E-state index in [9.17, 15) is 4.79 Å². The molecule has 2 aliphatic heterocycles. The molecule has 0 aliphatic carbocycles. The molecule has 6 nitrogen and oxygen atoms in total. The lowest BCUT2D eigenvalue weighted by Crippen LogP contribution is -2.12. The number of pyridine rings is 1. The Kier molecular flexibility index (Phi) is 1.79. The Balaban J connectivity index is 2.19. The lowest BCUT2D eigenvalue weighted by molar-refractivity contribution is -0.113. The standard InChI is InChI=1S/C10H5N5O/c16-10-7-8(6-1-3-11-4-2-6)14-15-9(7)12-5-13-10/h1-5H. The van der Waals surface area contributed by atoms with Gasteiger partial charge in [0.2, 0.25) is 0 Å². The van der Waals surface area contributed by atoms with Gasteiger partial charge >= 0.3 is 0 Å². The summed E-state index contributed by atoms with van der Waals surface area (Å²) in [6, 6.07) is 3.52. The molecule has 1 aromatic rings. The highest BCUT2D eigenvalue weighted by Gasteiger charge is 2.28. The first-order valence-electron chi connectivity index (χ1n) is 4.58. The molecule has 0 saturated heterocycles. The summed E-state index contributed by atoms with van der Waals surface area (Å²) in [5.74, 6) is -0.0337. The van der Waals surface area contributed by atoms with E-state index in [2.05, 4.69) is 25.2 Å². The van der Waals surface area contributed by atoms with Gasteiger partial charge in [0.25, 0.3) is 5.91 Å². The van der Waals surface area contributed by atoms with Crippen LogP contribution in [-0.4, -0.2) is 23.1 Å². The minimum Gasteiger partial charge on any atom is -0.266 e. The molecule has 1 amide bonds. The van der Waals surface area contributed by atoms with E-state index in [0.29, 0.717) is 17.1 Å². The van der Waals surface area contributed by atoms with Crippen molar-refractivity contribution in [2.75, 3.05) is 0 Å². The van der Waals surface area contributed by atoms with Crippen molar-refractivity contribution < 1.29 is 4.79 Å². The zero-order valence-corrected chi connectivity index (χ0v) is 8.03. The van der Waals surface area contributed by atoms with Gasteiger partial charge in [-0.05, 0) is 12.1 Å². The fraction of sp³-hybridized carbons (Fsp3) is 0. The van der Waals surface area contributed by atoms with Crippen LogP contribution in [0.2, 0.25) is 0 Å². The van der Waals surface area contributed by atoms with Crippen LogP contribution >= 0.6 is 0 Å². The van der Waals surface area contributed by atoms with Crippen LogP contribution in [-0.2, 0) is 4.79 Å². The fourth-order valence-electron chi connectivity index (χ4n) is 1.50. The monoisotopic (exact) mass is 211 g/mol. The zero-order valence-electron chi connectivity index (χ0n) is 8.03. The van der Waals surface area contributed by atoms with E-state index < -0.39 is 0 Å². The summed E-state index contributed by atoms with van der Waals surface area (Å²) in [7, 11) is 0. The van der Waals surface area contributed by atoms with Gasteiger partial charge in [-0.3, -0.25) is 9.78 Å². The first-order valence-corrected chi connectivity index (χ1v) is 4.58. The van der Waals surface area contributed by atoms with E-state index in [4.69, 9.17) is 0 Å². The molecule has 0 unspecified atom stereocenters. The van der Waals surface area contributed by atoms with Crippen molar-refractivity contribution in [1.29, 1.82) is 0 Å². The van der Waals surface area contributed by atoms with Crippen LogP contribution in [0.5, 0.6) is 0 Å². The number of nitrogens with zero attached hydrogens (tertiary/aromatic N) is 5. The molecule has 0 N–H and O–H groups in total. The van der Waals surface area contributed by atoms with Crippen LogP contribution in [0.4, 0.5) is 0 Å². The molecule has 6 heteroatoms. The Morgan fingerprint density at radius 3 is 2.69 bits per heavy atom. The predicted molar refractivity (Wildman–Crippen MR) is 56.9 cm³/mol. The maximum absolute atomic E-state index is 11.6. The number of hydrogen-bond acceptors (Lipinski definition) is 5. The third-order valence-electron chi connectivity index (χ3n) is 2.23. The van der Waals surface area contributed by atoms with Crippen molar-refractivity contribution >= 4 is 23.8 Å². The van der Waals surface area contributed by atoms with Crippen LogP contribution in [0.3, 0.4) is 0 Å². The molecule has 76 valence electrons. The minimum absolute atomic E-state index is 0.326. The maximum atomic E-state index is 11.6. The molecule has 3 rings (SSSR count). The van der Waals surface area contributed by atoms with Crippen LogP contribution in [0, 0.1) is 0 Å². The van der Waals surface area contributed by atoms with Gasteiger partial charge < -0.3 is 0 Å². The molecular formula is C10H5N5O. The Labute approximate surface area is 90.2 Å². The number of fused-ring (bicyclic) bond motifs is 1. The number of aliphatic imine (C=N–C) groups is 2. The molecule has 0 atom stereocenters. The topological polar surface area (TPSA) is 79.4 Å². The van der Waals surface area contributed by atoms with Gasteiger partial charge in [0.1, 0.15) is 17.6 Å². The number of amides is 1. The molecule has 3 heterocycles. The highest BCUT2D eigenvalue weighted by atomic mass is 16.1. The van der Waals surface area contributed by atoms with Gasteiger partial charge in [-0.25, -0.2) is 4.99 Å². The van der Waals surface area contributed by atoms with Crippen molar-refractivity contribution in [1.82, 2.24) is 4.98 Å². The molecule has 0 saturated carbocycles. The second kappa shape index (κ2) is 3.27. The van der Waals surface area contributed by atoms with Gasteiger partial charge in [-0.15, -0.1) is 10.2 Å². The number of hydrogen-bond donors (Lipinski definition) is 0. The fourth-order valence-corrected chi connectivity index (χ4v) is 1.50. The molecule has 0 aromatic carbocycles. The van der Waals surface area contributed by atoms with E-state index in [1.165, 1.54) is 6.34 Å². The normalized spacial score (nSPS) is 17.8. The number of aromatic nitrogens is 1. The molecule has 0 bridgehead atoms. The zero-order chi connectivity index (χ0) is 11.0. The van der Waals surface area contributed by atoms with Crippen molar-refractivity contribution in [3.63, 3.8) is 0 Å². The lowest BCUT2D eigenvalue weighted by Gasteiger charge is -2.02. The Morgan fingerprint density at radius 1 is 1.06 bits per heavy atom. The van der Waals surface area contributed by atoms with E-state index in [1.54, 1.807) is 24.5 Å². The highest BCUT2D eigenvalue weighted by Crippen LogP contribution is 2.28. The highest BCUT2D eigenvalue weighted by molar-refractivity contribution is 6.31. The van der Waals surface area contributed by atoms with Crippen molar-refractivity contribution in [3.05, 3.63) is 35.7 Å². The van der Waals surface area contributed by atoms with E-state index in [0.717, 1.165) is 5.56 Å². The molecule has 0 fully saturated rings. The number of carbonyl (C=O) groups is 1. The van der Waals surface area contributed by atoms with Crippen LogP contribution < -0.4 is 0 Å². The number of azo groups is 1. The summed E-state index contributed by atoms with van der Waals surface area (Å²) in [6.45, 7) is 0. The number of rotatable bonds is 1. The van der Waals surface area contributed by atoms with E-state index in [-0.39, 0.29) is 5.91 Å². The third-order valence-corrected chi connectivity index (χ3v) is 2.23. The molecule has 0 spiro atoms. The Bertz CT molecular complexity index is 582. The van der Waals surface area contributed by atoms with Gasteiger partial charge in [0.05, 0.1) is 0 Å². The van der Waals surface area contributed by atoms with Crippen molar-refractivity contribution in [2.45, 2.75) is 0 Å². The first-order chi connectivity index (χ1) is 7.86. The average molecular weight is 211 g/mol.